The molecule has 6 N–H and O–H groups in total. The van der Waals surface area contributed by atoms with Gasteiger partial charge in [0, 0.05) is 17.6 Å². The van der Waals surface area contributed by atoms with E-state index in [1.807, 2.05) is 37.4 Å². The van der Waals surface area contributed by atoms with Gasteiger partial charge in [-0.25, -0.2) is 0 Å². The van der Waals surface area contributed by atoms with E-state index in [0.717, 1.165) is 40.7 Å². The molecule has 6 heteroatoms. The summed E-state index contributed by atoms with van der Waals surface area (Å²) in [5.74, 6) is 0.511. The Morgan fingerprint density at radius 3 is 2.86 bits per heavy atom. The fraction of sp³-hybridized carbons (Fsp3) is 0.250. The zero-order valence-electron chi connectivity index (χ0n) is 12.5. The van der Waals surface area contributed by atoms with Gasteiger partial charge in [-0.15, -0.1) is 0 Å². The fourth-order valence-electron chi connectivity index (χ4n) is 2.49. The van der Waals surface area contributed by atoms with Crippen LogP contribution in [0.3, 0.4) is 0 Å². The number of nitrogen functional groups attached to an aromatic ring is 1. The van der Waals surface area contributed by atoms with Crippen molar-refractivity contribution in [2.24, 2.45) is 5.73 Å². The lowest BCUT2D eigenvalue weighted by molar-refractivity contribution is 0.602. The number of benzene rings is 1. The summed E-state index contributed by atoms with van der Waals surface area (Å²) in [4.78, 5) is 4.39. The van der Waals surface area contributed by atoms with E-state index >= 15 is 0 Å². The molecule has 22 heavy (non-hydrogen) atoms. The maximum Gasteiger partial charge on any atom is 0.153 e. The van der Waals surface area contributed by atoms with Crippen LogP contribution in [0.4, 0.5) is 5.82 Å². The van der Waals surface area contributed by atoms with Gasteiger partial charge in [0.1, 0.15) is 0 Å². The molecule has 0 radical (unpaired) electrons. The van der Waals surface area contributed by atoms with Gasteiger partial charge < -0.3 is 16.8 Å². The Kier molecular flexibility index (Phi) is 4.04. The van der Waals surface area contributed by atoms with Crippen LogP contribution in [0, 0.1) is 0 Å². The van der Waals surface area contributed by atoms with Gasteiger partial charge in [0.05, 0.1) is 11.2 Å². The summed E-state index contributed by atoms with van der Waals surface area (Å²) in [6.07, 6.45) is 2.65. The first-order valence-corrected chi connectivity index (χ1v) is 7.29. The average Bonchev–Trinajstić information content (AvgIpc) is 2.93. The number of anilines is 1. The van der Waals surface area contributed by atoms with Crippen molar-refractivity contribution in [3.8, 4) is 11.1 Å². The van der Waals surface area contributed by atoms with Gasteiger partial charge in [0.25, 0.3) is 0 Å². The molecule has 1 aromatic carbocycles. The number of fused-ring (bicyclic) bond motifs is 1. The van der Waals surface area contributed by atoms with E-state index in [2.05, 4.69) is 20.5 Å². The van der Waals surface area contributed by atoms with Gasteiger partial charge in [-0.3, -0.25) is 10.1 Å². The van der Waals surface area contributed by atoms with Gasteiger partial charge in [0.2, 0.25) is 0 Å². The predicted molar refractivity (Wildman–Crippen MR) is 89.2 cm³/mol. The minimum absolute atomic E-state index is 0.0740. The highest BCUT2D eigenvalue weighted by atomic mass is 15.1. The summed E-state index contributed by atoms with van der Waals surface area (Å²) in [6, 6.07) is 10.00. The largest absolute Gasteiger partial charge is 0.382 e. The quantitative estimate of drug-likeness (QED) is 0.574. The molecule has 0 fully saturated rings. The van der Waals surface area contributed by atoms with E-state index in [9.17, 15) is 0 Å². The molecule has 3 aromatic rings. The zero-order valence-corrected chi connectivity index (χ0v) is 12.5. The number of aromatic nitrogens is 3. The molecular weight excluding hydrogens is 276 g/mol. The van der Waals surface area contributed by atoms with Crippen molar-refractivity contribution in [1.82, 2.24) is 20.5 Å². The highest BCUT2D eigenvalue weighted by Gasteiger charge is 2.10. The molecular formula is C16H20N6. The first-order chi connectivity index (χ1) is 10.7. The van der Waals surface area contributed by atoms with Gasteiger partial charge in [0.15, 0.2) is 5.82 Å². The molecule has 0 amide bonds. The molecule has 0 saturated heterocycles. The van der Waals surface area contributed by atoms with Crippen LogP contribution in [0.1, 0.15) is 18.2 Å². The SMILES string of the molecule is CNCCC(N)c1cc(-c2ccc3[nH]nc(N)c3c2)ccn1. The van der Waals surface area contributed by atoms with Gasteiger partial charge >= 0.3 is 0 Å². The lowest BCUT2D eigenvalue weighted by Crippen LogP contribution is -2.18. The van der Waals surface area contributed by atoms with Gasteiger partial charge in [-0.05, 0) is 55.4 Å². The van der Waals surface area contributed by atoms with Crippen molar-refractivity contribution in [3.05, 3.63) is 42.2 Å². The molecule has 2 aromatic heterocycles. The molecule has 1 unspecified atom stereocenters. The molecule has 0 spiro atoms. The zero-order chi connectivity index (χ0) is 15.5. The summed E-state index contributed by atoms with van der Waals surface area (Å²) in [7, 11) is 1.92. The summed E-state index contributed by atoms with van der Waals surface area (Å²) in [6.45, 7) is 0.866. The standard InChI is InChI=1S/C16H20N6/c1-19-6-5-13(17)15-9-11(4-7-20-15)10-2-3-14-12(8-10)16(18)22-21-14/h2-4,7-9,13,19H,5-6,17H2,1H3,(H3,18,21,22). The van der Waals surface area contributed by atoms with Crippen LogP contribution in [0.15, 0.2) is 36.5 Å². The van der Waals surface area contributed by atoms with Crippen LogP contribution in [0.25, 0.3) is 22.0 Å². The number of aromatic amines is 1. The third-order valence-electron chi connectivity index (χ3n) is 3.79. The molecule has 0 aliphatic heterocycles. The van der Waals surface area contributed by atoms with E-state index in [-0.39, 0.29) is 6.04 Å². The second-order valence-corrected chi connectivity index (χ2v) is 5.34. The molecule has 3 rings (SSSR count). The monoisotopic (exact) mass is 296 g/mol. The minimum Gasteiger partial charge on any atom is -0.382 e. The number of rotatable bonds is 5. The van der Waals surface area contributed by atoms with Crippen molar-refractivity contribution in [1.29, 1.82) is 0 Å². The second-order valence-electron chi connectivity index (χ2n) is 5.34. The number of hydrogen-bond donors (Lipinski definition) is 4. The van der Waals surface area contributed by atoms with E-state index in [1.54, 1.807) is 6.20 Å². The predicted octanol–water partition coefficient (Wildman–Crippen LogP) is 1.82. The van der Waals surface area contributed by atoms with Crippen molar-refractivity contribution < 1.29 is 0 Å². The summed E-state index contributed by atoms with van der Waals surface area (Å²) >= 11 is 0. The Morgan fingerprint density at radius 1 is 1.23 bits per heavy atom. The summed E-state index contributed by atoms with van der Waals surface area (Å²) in [5.41, 5.74) is 16.0. The Balaban J connectivity index is 1.94. The van der Waals surface area contributed by atoms with E-state index in [1.165, 1.54) is 0 Å². The maximum atomic E-state index is 6.19. The van der Waals surface area contributed by atoms with E-state index in [0.29, 0.717) is 5.82 Å². The molecule has 0 aliphatic rings. The second kappa shape index (κ2) is 6.13. The number of H-pyrrole nitrogens is 1. The molecule has 114 valence electrons. The summed E-state index contributed by atoms with van der Waals surface area (Å²) < 4.78 is 0. The number of nitrogens with zero attached hydrogens (tertiary/aromatic N) is 2. The topological polar surface area (TPSA) is 106 Å². The molecule has 0 aliphatic carbocycles. The number of pyridine rings is 1. The van der Waals surface area contributed by atoms with Crippen LogP contribution in [0.5, 0.6) is 0 Å². The van der Waals surface area contributed by atoms with Crippen LogP contribution >= 0.6 is 0 Å². The number of hydrogen-bond acceptors (Lipinski definition) is 5. The van der Waals surface area contributed by atoms with Crippen LogP contribution in [-0.2, 0) is 0 Å². The van der Waals surface area contributed by atoms with E-state index < -0.39 is 0 Å². The average molecular weight is 296 g/mol. The smallest absolute Gasteiger partial charge is 0.153 e. The third kappa shape index (κ3) is 2.79. The van der Waals surface area contributed by atoms with Crippen molar-refractivity contribution in [2.45, 2.75) is 12.5 Å². The Bertz CT molecular complexity index is 779. The van der Waals surface area contributed by atoms with Gasteiger partial charge in [-0.2, -0.15) is 5.10 Å². The lowest BCUT2D eigenvalue weighted by atomic mass is 10.0. The number of nitrogens with one attached hydrogen (secondary N) is 2. The van der Waals surface area contributed by atoms with Crippen molar-refractivity contribution >= 4 is 16.7 Å². The van der Waals surface area contributed by atoms with Crippen LogP contribution in [-0.4, -0.2) is 28.8 Å². The lowest BCUT2D eigenvalue weighted by Gasteiger charge is -2.12. The summed E-state index contributed by atoms with van der Waals surface area (Å²) in [5, 5.41) is 11.0. The van der Waals surface area contributed by atoms with Gasteiger partial charge in [-0.1, -0.05) is 6.07 Å². The number of nitrogens with two attached hydrogens (primary N) is 2. The third-order valence-corrected chi connectivity index (χ3v) is 3.79. The Hall–Kier alpha value is -2.44. The van der Waals surface area contributed by atoms with E-state index in [4.69, 9.17) is 11.5 Å². The fourth-order valence-corrected chi connectivity index (χ4v) is 2.49. The normalized spacial score (nSPS) is 12.6. The van der Waals surface area contributed by atoms with Crippen molar-refractivity contribution in [2.75, 3.05) is 19.3 Å². The molecule has 0 bridgehead atoms. The first kappa shape index (κ1) is 14.5. The minimum atomic E-state index is -0.0740. The molecule has 6 nitrogen and oxygen atoms in total. The molecule has 0 saturated carbocycles. The Morgan fingerprint density at radius 2 is 2.05 bits per heavy atom. The molecule has 2 heterocycles. The highest BCUT2D eigenvalue weighted by Crippen LogP contribution is 2.27. The highest BCUT2D eigenvalue weighted by molar-refractivity contribution is 5.92. The Labute approximate surface area is 128 Å². The molecule has 1 atom stereocenters. The maximum absolute atomic E-state index is 6.19. The van der Waals surface area contributed by atoms with Crippen molar-refractivity contribution in [3.63, 3.8) is 0 Å². The van der Waals surface area contributed by atoms with Crippen LogP contribution < -0.4 is 16.8 Å². The van der Waals surface area contributed by atoms with Crippen LogP contribution in [0.2, 0.25) is 0 Å². The first-order valence-electron chi connectivity index (χ1n) is 7.29.